The lowest BCUT2D eigenvalue weighted by Crippen LogP contribution is -2.20. The van der Waals surface area contributed by atoms with Crippen molar-refractivity contribution in [1.29, 1.82) is 0 Å². The molecule has 0 unspecified atom stereocenters. The first-order chi connectivity index (χ1) is 17.6. The molecule has 3 aromatic rings. The quantitative estimate of drug-likeness (QED) is 0.127. The van der Waals surface area contributed by atoms with Gasteiger partial charge in [0.25, 0.3) is 5.56 Å². The highest BCUT2D eigenvalue weighted by atomic mass is 16.5. The smallest absolute Gasteiger partial charge is 0.345 e. The van der Waals surface area contributed by atoms with E-state index in [0.717, 1.165) is 43.1 Å². The monoisotopic (exact) mass is 491 g/mol. The number of aromatic nitrogens is 1. The molecular weight excluding hydrogens is 454 g/mol. The Kier molecular flexibility index (Phi) is 11.2. The van der Waals surface area contributed by atoms with Crippen LogP contribution in [-0.4, -0.2) is 17.1 Å². The highest BCUT2D eigenvalue weighted by Gasteiger charge is 2.11. The second-order valence-electron chi connectivity index (χ2n) is 9.16. The van der Waals surface area contributed by atoms with E-state index in [4.69, 9.17) is 9.15 Å². The molecule has 192 valence electrons. The number of fused-ring (bicyclic) bond motifs is 1. The molecule has 6 heteroatoms. The van der Waals surface area contributed by atoms with Crippen LogP contribution in [0.4, 0.5) is 0 Å². The number of nitrogens with zero attached hydrogens (tertiary/aromatic N) is 1. The molecule has 0 atom stereocenters. The summed E-state index contributed by atoms with van der Waals surface area (Å²) < 4.78 is 12.2. The maximum Gasteiger partial charge on any atom is 0.345 e. The molecule has 0 spiro atoms. The van der Waals surface area contributed by atoms with Crippen LogP contribution in [0.2, 0.25) is 0 Å². The predicted octanol–water partition coefficient (Wildman–Crippen LogP) is 6.64. The fourth-order valence-corrected chi connectivity index (χ4v) is 4.38. The van der Waals surface area contributed by atoms with Crippen molar-refractivity contribution in [3.8, 4) is 11.1 Å². The third kappa shape index (κ3) is 8.36. The summed E-state index contributed by atoms with van der Waals surface area (Å²) in [5.74, 6) is -0.344. The largest absolute Gasteiger partial charge is 0.463 e. The van der Waals surface area contributed by atoms with Gasteiger partial charge in [-0.1, -0.05) is 94.7 Å². The van der Waals surface area contributed by atoms with Crippen LogP contribution in [0.3, 0.4) is 0 Å². The van der Waals surface area contributed by atoms with Gasteiger partial charge in [0.05, 0.1) is 12.2 Å². The number of hydrogen-bond donors (Lipinski definition) is 0. The number of hydrogen-bond acceptors (Lipinski definition) is 5. The summed E-state index contributed by atoms with van der Waals surface area (Å²) >= 11 is 0. The summed E-state index contributed by atoms with van der Waals surface area (Å²) in [5.41, 5.74) is 1.09. The van der Waals surface area contributed by atoms with E-state index < -0.39 is 5.63 Å². The number of pyridine rings is 1. The lowest BCUT2D eigenvalue weighted by atomic mass is 10.1. The minimum atomic E-state index is -0.427. The van der Waals surface area contributed by atoms with Crippen LogP contribution in [-0.2, 0) is 16.1 Å². The second kappa shape index (κ2) is 14.9. The van der Waals surface area contributed by atoms with E-state index >= 15 is 0 Å². The van der Waals surface area contributed by atoms with Gasteiger partial charge in [-0.2, -0.15) is 0 Å². The van der Waals surface area contributed by atoms with Crippen molar-refractivity contribution in [2.45, 2.75) is 77.2 Å². The van der Waals surface area contributed by atoms with E-state index in [1.54, 1.807) is 16.7 Å². The first-order valence-electron chi connectivity index (χ1n) is 13.1. The lowest BCUT2D eigenvalue weighted by molar-refractivity contribution is -0.137. The summed E-state index contributed by atoms with van der Waals surface area (Å²) in [6.45, 7) is 4.41. The Balaban J connectivity index is 1.35. The first-order valence-corrected chi connectivity index (χ1v) is 13.1. The number of aryl methyl sites for hydroxylation is 1. The standard InChI is InChI=1S/C30H37NO5/c1-2-28(33)35-22-16-11-9-7-5-3-4-6-8-10-15-21-31-27(32)20-19-25-23-26(30(34)36-29(25)31)24-17-13-12-14-18-24/h2,12-14,17-20,23H,1,3-11,15-16,21-22H2. The Hall–Kier alpha value is -3.41. The molecule has 0 bridgehead atoms. The molecule has 0 saturated carbocycles. The summed E-state index contributed by atoms with van der Waals surface area (Å²) in [7, 11) is 0. The van der Waals surface area contributed by atoms with Crippen LogP contribution in [0, 0.1) is 0 Å². The lowest BCUT2D eigenvalue weighted by Gasteiger charge is -2.10. The fourth-order valence-electron chi connectivity index (χ4n) is 4.38. The molecule has 6 nitrogen and oxygen atoms in total. The van der Waals surface area contributed by atoms with Crippen LogP contribution in [0.25, 0.3) is 22.2 Å². The highest BCUT2D eigenvalue weighted by molar-refractivity contribution is 5.81. The van der Waals surface area contributed by atoms with E-state index in [9.17, 15) is 14.4 Å². The Morgan fingerprint density at radius 3 is 2.08 bits per heavy atom. The summed E-state index contributed by atoms with van der Waals surface area (Å²) in [6, 6.07) is 14.5. The molecule has 0 fully saturated rings. The van der Waals surface area contributed by atoms with Gasteiger partial charge < -0.3 is 9.15 Å². The third-order valence-electron chi connectivity index (χ3n) is 6.39. The normalized spacial score (nSPS) is 11.0. The van der Waals surface area contributed by atoms with Crippen molar-refractivity contribution in [3.63, 3.8) is 0 Å². The molecule has 36 heavy (non-hydrogen) atoms. The minimum absolute atomic E-state index is 0.142. The van der Waals surface area contributed by atoms with E-state index in [2.05, 4.69) is 6.58 Å². The molecule has 2 aromatic heterocycles. The zero-order valence-corrected chi connectivity index (χ0v) is 21.1. The van der Waals surface area contributed by atoms with Crippen molar-refractivity contribution in [3.05, 3.63) is 82.0 Å². The molecule has 0 radical (unpaired) electrons. The molecule has 3 rings (SSSR count). The summed E-state index contributed by atoms with van der Waals surface area (Å²) in [4.78, 5) is 36.0. The van der Waals surface area contributed by atoms with Crippen LogP contribution >= 0.6 is 0 Å². The van der Waals surface area contributed by atoms with Gasteiger partial charge in [0.15, 0.2) is 0 Å². The Morgan fingerprint density at radius 1 is 0.833 bits per heavy atom. The van der Waals surface area contributed by atoms with Gasteiger partial charge >= 0.3 is 11.6 Å². The maximum atomic E-state index is 12.6. The van der Waals surface area contributed by atoms with E-state index in [0.29, 0.717) is 24.4 Å². The molecule has 0 N–H and O–H groups in total. The summed E-state index contributed by atoms with van der Waals surface area (Å²) in [6.07, 6.45) is 13.5. The minimum Gasteiger partial charge on any atom is -0.463 e. The van der Waals surface area contributed by atoms with Crippen LogP contribution in [0.1, 0.15) is 70.6 Å². The second-order valence-corrected chi connectivity index (χ2v) is 9.16. The van der Waals surface area contributed by atoms with Gasteiger partial charge in [0, 0.05) is 24.1 Å². The molecule has 0 aliphatic rings. The highest BCUT2D eigenvalue weighted by Crippen LogP contribution is 2.20. The third-order valence-corrected chi connectivity index (χ3v) is 6.39. The van der Waals surface area contributed by atoms with E-state index in [1.807, 2.05) is 36.4 Å². The van der Waals surface area contributed by atoms with Crippen molar-refractivity contribution < 1.29 is 13.9 Å². The van der Waals surface area contributed by atoms with Gasteiger partial charge in [-0.05, 0) is 30.5 Å². The van der Waals surface area contributed by atoms with E-state index in [-0.39, 0.29) is 11.5 Å². The SMILES string of the molecule is C=CC(=O)OCCCCCCCCCCCCCn1c(=O)ccc2cc(-c3ccccc3)c(=O)oc21. The number of rotatable bonds is 16. The van der Waals surface area contributed by atoms with Gasteiger partial charge in [-0.25, -0.2) is 9.59 Å². The van der Waals surface area contributed by atoms with Crippen LogP contribution < -0.4 is 11.2 Å². The topological polar surface area (TPSA) is 78.5 Å². The predicted molar refractivity (Wildman–Crippen MR) is 144 cm³/mol. The number of unbranched alkanes of at least 4 members (excludes halogenated alkanes) is 10. The molecule has 0 aliphatic carbocycles. The average Bonchev–Trinajstić information content (AvgIpc) is 2.90. The molecule has 0 amide bonds. The molecule has 2 heterocycles. The Morgan fingerprint density at radius 2 is 1.44 bits per heavy atom. The Labute approximate surface area is 212 Å². The first kappa shape index (κ1) is 27.2. The maximum absolute atomic E-state index is 12.6. The zero-order chi connectivity index (χ0) is 25.6. The average molecular weight is 492 g/mol. The molecule has 1 aromatic carbocycles. The number of carbonyl (C=O) groups is 1. The molecular formula is C30H37NO5. The van der Waals surface area contributed by atoms with Gasteiger partial charge in [-0.3, -0.25) is 9.36 Å². The van der Waals surface area contributed by atoms with Gasteiger partial charge in [0.2, 0.25) is 5.71 Å². The van der Waals surface area contributed by atoms with Crippen LogP contribution in [0.5, 0.6) is 0 Å². The zero-order valence-electron chi connectivity index (χ0n) is 21.1. The van der Waals surface area contributed by atoms with Crippen molar-refractivity contribution in [1.82, 2.24) is 4.57 Å². The fraction of sp³-hybridized carbons (Fsp3) is 0.433. The number of esters is 1. The van der Waals surface area contributed by atoms with Gasteiger partial charge in [-0.15, -0.1) is 0 Å². The van der Waals surface area contributed by atoms with Crippen molar-refractivity contribution in [2.75, 3.05) is 6.61 Å². The Bertz CT molecular complexity index is 1230. The number of carbonyl (C=O) groups excluding carboxylic acids is 1. The van der Waals surface area contributed by atoms with E-state index in [1.165, 1.54) is 44.6 Å². The molecule has 0 aliphatic heterocycles. The van der Waals surface area contributed by atoms with Crippen molar-refractivity contribution in [2.24, 2.45) is 0 Å². The summed E-state index contributed by atoms with van der Waals surface area (Å²) in [5, 5.41) is 0.755. The van der Waals surface area contributed by atoms with Crippen molar-refractivity contribution >= 4 is 17.1 Å². The van der Waals surface area contributed by atoms with Gasteiger partial charge in [0.1, 0.15) is 0 Å². The molecule has 0 saturated heterocycles. The number of ether oxygens (including phenoxy) is 1. The van der Waals surface area contributed by atoms with Crippen LogP contribution in [0.15, 0.2) is 75.2 Å². The number of benzene rings is 1.